The molecule has 2 aromatic rings. The summed E-state index contributed by atoms with van der Waals surface area (Å²) in [5.41, 5.74) is 1.82. The van der Waals surface area contributed by atoms with Crippen LogP contribution < -0.4 is 0 Å². The second-order valence-electron chi connectivity index (χ2n) is 4.95. The standard InChI is InChI=1S/C14H19NO/c1-4-15-9-8-11-6-5-7-12(13(11)15)10-14(2,3)16/h5-9,16H,4,10H2,1-3H3. The Morgan fingerprint density at radius 3 is 2.62 bits per heavy atom. The number of fused-ring (bicyclic) bond motifs is 1. The Morgan fingerprint density at radius 1 is 1.25 bits per heavy atom. The number of rotatable bonds is 3. The first-order valence-corrected chi connectivity index (χ1v) is 5.80. The minimum Gasteiger partial charge on any atom is -0.390 e. The molecule has 0 fully saturated rings. The molecule has 1 aromatic carbocycles. The third-order valence-electron chi connectivity index (χ3n) is 2.84. The molecule has 1 heterocycles. The van der Waals surface area contributed by atoms with E-state index in [9.17, 15) is 5.11 Å². The molecule has 2 rings (SSSR count). The first-order chi connectivity index (χ1) is 7.51. The molecule has 0 saturated heterocycles. The first-order valence-electron chi connectivity index (χ1n) is 5.80. The van der Waals surface area contributed by atoms with Gasteiger partial charge in [0.25, 0.3) is 0 Å². The summed E-state index contributed by atoms with van der Waals surface area (Å²) in [6.07, 6.45) is 2.80. The minimum atomic E-state index is -0.656. The molecule has 0 aliphatic rings. The second-order valence-corrected chi connectivity index (χ2v) is 4.95. The van der Waals surface area contributed by atoms with Crippen molar-refractivity contribution in [2.24, 2.45) is 0 Å². The van der Waals surface area contributed by atoms with Crippen LogP contribution in [0.5, 0.6) is 0 Å². The van der Waals surface area contributed by atoms with Crippen LogP contribution in [-0.4, -0.2) is 15.3 Å². The zero-order valence-corrected chi connectivity index (χ0v) is 10.2. The van der Waals surface area contributed by atoms with Crippen LogP contribution in [0.25, 0.3) is 10.9 Å². The van der Waals surface area contributed by atoms with E-state index in [1.54, 1.807) is 0 Å². The van der Waals surface area contributed by atoms with Gasteiger partial charge in [-0.2, -0.15) is 0 Å². The van der Waals surface area contributed by atoms with Gasteiger partial charge in [-0.3, -0.25) is 0 Å². The summed E-state index contributed by atoms with van der Waals surface area (Å²) in [5, 5.41) is 11.2. The van der Waals surface area contributed by atoms with Crippen molar-refractivity contribution in [1.29, 1.82) is 0 Å². The summed E-state index contributed by atoms with van der Waals surface area (Å²) < 4.78 is 2.23. The van der Waals surface area contributed by atoms with Crippen LogP contribution in [0.2, 0.25) is 0 Å². The summed E-state index contributed by atoms with van der Waals surface area (Å²) in [6, 6.07) is 8.41. The van der Waals surface area contributed by atoms with Crippen molar-refractivity contribution in [3.05, 3.63) is 36.0 Å². The van der Waals surface area contributed by atoms with E-state index in [0.717, 1.165) is 6.54 Å². The highest BCUT2D eigenvalue weighted by Gasteiger charge is 2.16. The monoisotopic (exact) mass is 217 g/mol. The van der Waals surface area contributed by atoms with E-state index in [1.807, 2.05) is 13.8 Å². The van der Waals surface area contributed by atoms with Gasteiger partial charge in [-0.1, -0.05) is 18.2 Å². The van der Waals surface area contributed by atoms with E-state index in [0.29, 0.717) is 6.42 Å². The SMILES string of the molecule is CCn1ccc2cccc(CC(C)(C)O)c21. The van der Waals surface area contributed by atoms with Crippen LogP contribution in [0.4, 0.5) is 0 Å². The number of aliphatic hydroxyl groups is 1. The Hall–Kier alpha value is -1.28. The number of hydrogen-bond donors (Lipinski definition) is 1. The van der Waals surface area contributed by atoms with E-state index in [4.69, 9.17) is 0 Å². The number of aromatic nitrogens is 1. The topological polar surface area (TPSA) is 25.2 Å². The molecule has 0 saturated carbocycles. The normalized spacial score (nSPS) is 12.2. The molecule has 0 spiro atoms. The van der Waals surface area contributed by atoms with Gasteiger partial charge in [0.05, 0.1) is 11.1 Å². The van der Waals surface area contributed by atoms with E-state index >= 15 is 0 Å². The third kappa shape index (κ3) is 2.12. The molecule has 0 aliphatic heterocycles. The van der Waals surface area contributed by atoms with Crippen molar-refractivity contribution >= 4 is 10.9 Å². The van der Waals surface area contributed by atoms with Gasteiger partial charge in [0, 0.05) is 19.2 Å². The molecule has 0 radical (unpaired) electrons. The molecule has 1 N–H and O–H groups in total. The molecule has 2 heteroatoms. The van der Waals surface area contributed by atoms with E-state index in [-0.39, 0.29) is 0 Å². The lowest BCUT2D eigenvalue weighted by atomic mass is 9.97. The summed E-state index contributed by atoms with van der Waals surface area (Å²) >= 11 is 0. The van der Waals surface area contributed by atoms with Crippen molar-refractivity contribution < 1.29 is 5.11 Å². The molecule has 0 unspecified atom stereocenters. The Bertz CT molecular complexity index is 491. The van der Waals surface area contributed by atoms with E-state index in [2.05, 4.69) is 42.0 Å². The fourth-order valence-corrected chi connectivity index (χ4v) is 2.21. The van der Waals surface area contributed by atoms with Crippen molar-refractivity contribution in [2.45, 2.75) is 39.3 Å². The van der Waals surface area contributed by atoms with Crippen LogP contribution in [0.15, 0.2) is 30.5 Å². The Balaban J connectivity index is 2.55. The maximum atomic E-state index is 9.92. The zero-order valence-electron chi connectivity index (χ0n) is 10.2. The van der Waals surface area contributed by atoms with Gasteiger partial charge in [0.1, 0.15) is 0 Å². The summed E-state index contributed by atoms with van der Waals surface area (Å²) in [5.74, 6) is 0. The number of aryl methyl sites for hydroxylation is 1. The lowest BCUT2D eigenvalue weighted by Crippen LogP contribution is -2.22. The Morgan fingerprint density at radius 2 is 2.00 bits per heavy atom. The van der Waals surface area contributed by atoms with Crippen LogP contribution >= 0.6 is 0 Å². The molecule has 86 valence electrons. The first kappa shape index (κ1) is 11.2. The molecule has 2 nitrogen and oxygen atoms in total. The molecule has 0 bridgehead atoms. The molecular formula is C14H19NO. The summed E-state index contributed by atoms with van der Waals surface area (Å²) in [7, 11) is 0. The average Bonchev–Trinajstić information content (AvgIpc) is 2.59. The number of para-hydroxylation sites is 1. The van der Waals surface area contributed by atoms with Gasteiger partial charge in [0.2, 0.25) is 0 Å². The molecule has 1 aromatic heterocycles. The van der Waals surface area contributed by atoms with Crippen LogP contribution in [0, 0.1) is 0 Å². The molecule has 16 heavy (non-hydrogen) atoms. The molecule has 0 amide bonds. The van der Waals surface area contributed by atoms with Crippen LogP contribution in [0.1, 0.15) is 26.3 Å². The van der Waals surface area contributed by atoms with Gasteiger partial charge < -0.3 is 9.67 Å². The van der Waals surface area contributed by atoms with Gasteiger partial charge in [0.15, 0.2) is 0 Å². The average molecular weight is 217 g/mol. The van der Waals surface area contributed by atoms with E-state index in [1.165, 1.54) is 16.5 Å². The molecule has 0 aliphatic carbocycles. The fourth-order valence-electron chi connectivity index (χ4n) is 2.21. The van der Waals surface area contributed by atoms with Crippen LogP contribution in [0.3, 0.4) is 0 Å². The Labute approximate surface area is 96.5 Å². The second kappa shape index (κ2) is 3.95. The predicted octanol–water partition coefficient (Wildman–Crippen LogP) is 2.97. The maximum Gasteiger partial charge on any atom is 0.0632 e. The maximum absolute atomic E-state index is 9.92. The van der Waals surface area contributed by atoms with Crippen molar-refractivity contribution in [1.82, 2.24) is 4.57 Å². The smallest absolute Gasteiger partial charge is 0.0632 e. The zero-order chi connectivity index (χ0) is 11.8. The minimum absolute atomic E-state index is 0.656. The van der Waals surface area contributed by atoms with E-state index < -0.39 is 5.60 Å². The van der Waals surface area contributed by atoms with Crippen molar-refractivity contribution in [3.8, 4) is 0 Å². The fraction of sp³-hybridized carbons (Fsp3) is 0.429. The highest BCUT2D eigenvalue weighted by Crippen LogP contribution is 2.23. The van der Waals surface area contributed by atoms with Gasteiger partial charge in [-0.15, -0.1) is 0 Å². The number of hydrogen-bond acceptors (Lipinski definition) is 1. The quantitative estimate of drug-likeness (QED) is 0.840. The molecule has 0 atom stereocenters. The van der Waals surface area contributed by atoms with Crippen LogP contribution in [-0.2, 0) is 13.0 Å². The summed E-state index contributed by atoms with van der Waals surface area (Å²) in [4.78, 5) is 0. The highest BCUT2D eigenvalue weighted by molar-refractivity contribution is 5.83. The van der Waals surface area contributed by atoms with Crippen molar-refractivity contribution in [2.75, 3.05) is 0 Å². The van der Waals surface area contributed by atoms with Gasteiger partial charge in [-0.05, 0) is 37.8 Å². The largest absolute Gasteiger partial charge is 0.390 e. The highest BCUT2D eigenvalue weighted by atomic mass is 16.3. The summed E-state index contributed by atoms with van der Waals surface area (Å²) in [6.45, 7) is 6.81. The van der Waals surface area contributed by atoms with Gasteiger partial charge >= 0.3 is 0 Å². The van der Waals surface area contributed by atoms with Gasteiger partial charge in [-0.25, -0.2) is 0 Å². The molecular weight excluding hydrogens is 198 g/mol. The van der Waals surface area contributed by atoms with Crippen molar-refractivity contribution in [3.63, 3.8) is 0 Å². The Kier molecular flexibility index (Phi) is 2.76. The predicted molar refractivity (Wildman–Crippen MR) is 67.6 cm³/mol. The lowest BCUT2D eigenvalue weighted by Gasteiger charge is -2.18. The third-order valence-corrected chi connectivity index (χ3v) is 2.84. The lowest BCUT2D eigenvalue weighted by molar-refractivity contribution is 0.0812. The number of benzene rings is 1. The number of nitrogens with zero attached hydrogens (tertiary/aromatic N) is 1.